The standard InChI is InChI=1S/C24H41S3/c1-5-9-12-16-25-22-19-21(15-8-4)20-23(26-17-13-10-6-2)24(22)27-18-14-11-7-3/h19-20H,4-18H2,1-3H3. The van der Waals surface area contributed by atoms with Crippen molar-refractivity contribution in [2.24, 2.45) is 0 Å². The van der Waals surface area contributed by atoms with Crippen LogP contribution in [0.3, 0.4) is 0 Å². The van der Waals surface area contributed by atoms with E-state index in [1.807, 2.05) is 0 Å². The fourth-order valence-electron chi connectivity index (χ4n) is 2.93. The lowest BCUT2D eigenvalue weighted by molar-refractivity contribution is 0.776. The summed E-state index contributed by atoms with van der Waals surface area (Å²) >= 11 is 6.30. The van der Waals surface area contributed by atoms with E-state index in [4.69, 9.17) is 0 Å². The van der Waals surface area contributed by atoms with Gasteiger partial charge in [0.05, 0.1) is 0 Å². The highest BCUT2D eigenvalue weighted by Gasteiger charge is 2.13. The van der Waals surface area contributed by atoms with Gasteiger partial charge < -0.3 is 0 Å². The van der Waals surface area contributed by atoms with Gasteiger partial charge >= 0.3 is 0 Å². The minimum Gasteiger partial charge on any atom is -0.125 e. The molecule has 0 amide bonds. The van der Waals surface area contributed by atoms with Crippen LogP contribution >= 0.6 is 35.3 Å². The van der Waals surface area contributed by atoms with Gasteiger partial charge in [0.2, 0.25) is 0 Å². The molecule has 3 heteroatoms. The lowest BCUT2D eigenvalue weighted by Gasteiger charge is -2.17. The zero-order valence-corrected chi connectivity index (χ0v) is 20.4. The van der Waals surface area contributed by atoms with Crippen molar-refractivity contribution in [2.75, 3.05) is 17.3 Å². The molecule has 0 aliphatic heterocycles. The molecule has 1 aromatic rings. The van der Waals surface area contributed by atoms with Crippen LogP contribution in [0, 0.1) is 6.92 Å². The lowest BCUT2D eigenvalue weighted by Crippen LogP contribution is -1.94. The summed E-state index contributed by atoms with van der Waals surface area (Å²) in [6.07, 6.45) is 14.1. The third-order valence-corrected chi connectivity index (χ3v) is 8.28. The van der Waals surface area contributed by atoms with Crippen molar-refractivity contribution < 1.29 is 0 Å². The molecule has 0 fully saturated rings. The monoisotopic (exact) mass is 425 g/mol. The maximum Gasteiger partial charge on any atom is 0.0344 e. The van der Waals surface area contributed by atoms with Crippen LogP contribution in [0.15, 0.2) is 26.8 Å². The van der Waals surface area contributed by atoms with Crippen molar-refractivity contribution in [3.05, 3.63) is 24.6 Å². The van der Waals surface area contributed by atoms with Gasteiger partial charge in [-0.3, -0.25) is 0 Å². The summed E-state index contributed by atoms with van der Waals surface area (Å²) in [7, 11) is 0. The second kappa shape index (κ2) is 17.2. The molecular weight excluding hydrogens is 384 g/mol. The van der Waals surface area contributed by atoms with Gasteiger partial charge in [0, 0.05) is 14.7 Å². The Bertz CT molecular complexity index is 452. The molecule has 0 aliphatic rings. The van der Waals surface area contributed by atoms with Gasteiger partial charge in [0.25, 0.3) is 0 Å². The quantitative estimate of drug-likeness (QED) is 0.180. The molecule has 27 heavy (non-hydrogen) atoms. The van der Waals surface area contributed by atoms with Crippen LogP contribution in [0.2, 0.25) is 0 Å². The van der Waals surface area contributed by atoms with E-state index in [0.29, 0.717) is 0 Å². The third kappa shape index (κ3) is 11.1. The number of aryl methyl sites for hydroxylation is 1. The first-order valence-electron chi connectivity index (χ1n) is 11.1. The summed E-state index contributed by atoms with van der Waals surface area (Å²) in [5.74, 6) is 3.77. The number of unbranched alkanes of at least 4 members (excludes halogenated alkanes) is 6. The first-order valence-corrected chi connectivity index (χ1v) is 14.1. The summed E-state index contributed by atoms with van der Waals surface area (Å²) < 4.78 is 0. The van der Waals surface area contributed by atoms with Crippen LogP contribution in [-0.4, -0.2) is 17.3 Å². The summed E-state index contributed by atoms with van der Waals surface area (Å²) in [4.78, 5) is 4.65. The predicted molar refractivity (Wildman–Crippen MR) is 131 cm³/mol. The van der Waals surface area contributed by atoms with Crippen LogP contribution in [0.1, 0.15) is 90.5 Å². The van der Waals surface area contributed by atoms with E-state index in [0.717, 1.165) is 12.8 Å². The normalized spacial score (nSPS) is 11.3. The molecular formula is C24H41S3. The van der Waals surface area contributed by atoms with Gasteiger partial charge in [-0.25, -0.2) is 0 Å². The molecule has 0 heterocycles. The van der Waals surface area contributed by atoms with Crippen LogP contribution in [0.5, 0.6) is 0 Å². The Kier molecular flexibility index (Phi) is 16.1. The molecule has 0 nitrogen and oxygen atoms in total. The maximum atomic E-state index is 4.09. The highest BCUT2D eigenvalue weighted by atomic mass is 32.2. The fraction of sp³-hybridized carbons (Fsp3) is 0.708. The molecule has 155 valence electrons. The second-order valence-electron chi connectivity index (χ2n) is 7.19. The largest absolute Gasteiger partial charge is 0.125 e. The molecule has 0 bridgehead atoms. The molecule has 1 radical (unpaired) electrons. The number of hydrogen-bond acceptors (Lipinski definition) is 3. The molecule has 0 aromatic heterocycles. The number of benzene rings is 1. The zero-order chi connectivity index (χ0) is 19.7. The first kappa shape index (κ1) is 25.3. The molecule has 0 atom stereocenters. The molecule has 1 rings (SSSR count). The Hall–Kier alpha value is 0.270. The van der Waals surface area contributed by atoms with Gasteiger partial charge in [-0.2, -0.15) is 0 Å². The molecule has 0 spiro atoms. The number of hydrogen-bond donors (Lipinski definition) is 0. The molecule has 0 saturated carbocycles. The second-order valence-corrected chi connectivity index (χ2v) is 10.6. The molecule has 0 unspecified atom stereocenters. The van der Waals surface area contributed by atoms with Gasteiger partial charge in [-0.1, -0.05) is 66.2 Å². The Morgan fingerprint density at radius 2 is 1.11 bits per heavy atom. The van der Waals surface area contributed by atoms with Crippen LogP contribution in [-0.2, 0) is 6.42 Å². The minimum absolute atomic E-state index is 0.989. The van der Waals surface area contributed by atoms with Crippen LogP contribution < -0.4 is 0 Å². The van der Waals surface area contributed by atoms with Gasteiger partial charge in [0.1, 0.15) is 0 Å². The Labute approximate surface area is 182 Å². The molecule has 0 aliphatic carbocycles. The third-order valence-electron chi connectivity index (χ3n) is 4.55. The number of rotatable bonds is 17. The van der Waals surface area contributed by atoms with Crippen molar-refractivity contribution in [1.29, 1.82) is 0 Å². The zero-order valence-electron chi connectivity index (χ0n) is 18.0. The highest BCUT2D eigenvalue weighted by Crippen LogP contribution is 2.41. The molecule has 0 N–H and O–H groups in total. The summed E-state index contributed by atoms with van der Waals surface area (Å²) in [6, 6.07) is 4.94. The summed E-state index contributed by atoms with van der Waals surface area (Å²) in [5.41, 5.74) is 1.49. The maximum absolute atomic E-state index is 4.09. The lowest BCUT2D eigenvalue weighted by atomic mass is 10.1. The number of thioether (sulfide) groups is 3. The van der Waals surface area contributed by atoms with Crippen molar-refractivity contribution in [1.82, 2.24) is 0 Å². The minimum atomic E-state index is 0.989. The average Bonchev–Trinajstić information content (AvgIpc) is 2.67. The smallest absolute Gasteiger partial charge is 0.0344 e. The van der Waals surface area contributed by atoms with E-state index in [2.05, 4.69) is 75.1 Å². The van der Waals surface area contributed by atoms with Gasteiger partial charge in [-0.05, 0) is 67.1 Å². The Morgan fingerprint density at radius 3 is 1.52 bits per heavy atom. The van der Waals surface area contributed by atoms with Gasteiger partial charge in [0.15, 0.2) is 0 Å². The fourth-order valence-corrected chi connectivity index (χ4v) is 6.75. The predicted octanol–water partition coefficient (Wildman–Crippen LogP) is 9.30. The van der Waals surface area contributed by atoms with Crippen molar-refractivity contribution >= 4 is 35.3 Å². The van der Waals surface area contributed by atoms with Crippen molar-refractivity contribution in [2.45, 2.75) is 106 Å². The van der Waals surface area contributed by atoms with Crippen molar-refractivity contribution in [3.8, 4) is 0 Å². The highest BCUT2D eigenvalue weighted by molar-refractivity contribution is 8.03. The van der Waals surface area contributed by atoms with Crippen LogP contribution in [0.4, 0.5) is 0 Å². The van der Waals surface area contributed by atoms with Crippen LogP contribution in [0.25, 0.3) is 0 Å². The summed E-state index contributed by atoms with van der Waals surface area (Å²) in [6.45, 7) is 11.0. The van der Waals surface area contributed by atoms with E-state index < -0.39 is 0 Å². The van der Waals surface area contributed by atoms with E-state index in [1.54, 1.807) is 4.90 Å². The Morgan fingerprint density at radius 1 is 0.667 bits per heavy atom. The topological polar surface area (TPSA) is 0 Å². The average molecular weight is 426 g/mol. The SMILES string of the molecule is [CH2]CCc1cc(SCCCCC)c(SCCCCC)c(SCCCCC)c1. The molecule has 0 saturated heterocycles. The van der Waals surface area contributed by atoms with Gasteiger partial charge in [-0.15, -0.1) is 35.3 Å². The van der Waals surface area contributed by atoms with E-state index >= 15 is 0 Å². The van der Waals surface area contributed by atoms with E-state index in [-0.39, 0.29) is 0 Å². The Balaban J connectivity index is 2.94. The van der Waals surface area contributed by atoms with E-state index in [9.17, 15) is 0 Å². The summed E-state index contributed by atoms with van der Waals surface area (Å²) in [5, 5.41) is 0. The van der Waals surface area contributed by atoms with Crippen molar-refractivity contribution in [3.63, 3.8) is 0 Å². The first-order chi connectivity index (χ1) is 13.3. The molecule has 1 aromatic carbocycles. The van der Waals surface area contributed by atoms with E-state index in [1.165, 1.54) is 90.4 Å².